The Hall–Kier alpha value is -0.0226. The molecule has 0 atom stereocenters. The molecule has 82 valence electrons. The average molecular weight is 273 g/mol. The zero-order valence-electron chi connectivity index (χ0n) is 9.58. The molecule has 0 aliphatic carbocycles. The quantitative estimate of drug-likeness (QED) is 0.445. The third kappa shape index (κ3) is 3.25. The molecule has 0 bridgehead atoms. The summed E-state index contributed by atoms with van der Waals surface area (Å²) in [6.45, 7) is 0. The van der Waals surface area contributed by atoms with Gasteiger partial charge in [0.15, 0.2) is 0 Å². The summed E-state index contributed by atoms with van der Waals surface area (Å²) >= 11 is 11.8. The molecule has 0 nitrogen and oxygen atoms in total. The molecular weight excluding hydrogens is 262 g/mol. The molecule has 0 amide bonds. The van der Waals surface area contributed by atoms with Crippen LogP contribution in [0.5, 0.6) is 0 Å². The second-order valence-electron chi connectivity index (χ2n) is 3.43. The molecule has 2 rings (SSSR count). The topological polar surface area (TPSA) is 0 Å². The number of rotatable bonds is 3. The van der Waals surface area contributed by atoms with E-state index in [2.05, 4.69) is 0 Å². The molecule has 0 saturated heterocycles. The van der Waals surface area contributed by atoms with E-state index in [9.17, 15) is 0 Å². The summed E-state index contributed by atoms with van der Waals surface area (Å²) in [5.41, 5.74) is 1.66. The van der Waals surface area contributed by atoms with Crippen LogP contribution in [0, 0.1) is 5.62 Å². The molecule has 4 heteroatoms. The molecule has 0 aliphatic rings. The molecule has 0 heterocycles. The first-order chi connectivity index (χ1) is 7.77. The van der Waals surface area contributed by atoms with E-state index in [1.807, 2.05) is 60.7 Å². The van der Waals surface area contributed by atoms with Gasteiger partial charge in [-0.25, -0.2) is 0 Å². The van der Waals surface area contributed by atoms with Crippen molar-refractivity contribution in [2.75, 3.05) is 0 Å². The van der Waals surface area contributed by atoms with Crippen molar-refractivity contribution >= 4 is 40.1 Å². The molecule has 0 N–H and O–H groups in total. The zero-order valence-corrected chi connectivity index (χ0v) is 12.1. The van der Waals surface area contributed by atoms with Gasteiger partial charge < -0.3 is 11.6 Å². The second-order valence-corrected chi connectivity index (χ2v) is 8.28. The first-order valence-electron chi connectivity index (χ1n) is 4.93. The van der Waals surface area contributed by atoms with Gasteiger partial charge in [0.2, 0.25) is 0 Å². The Kier molecular flexibility index (Phi) is 6.00. The smallest absolute Gasteiger partial charge is 0.343 e. The molecular formula is C13H11ClLiPS. The molecule has 0 radical (unpaired) electrons. The van der Waals surface area contributed by atoms with Crippen LogP contribution in [-0.4, -0.2) is 0 Å². The van der Waals surface area contributed by atoms with Gasteiger partial charge in [-0.1, -0.05) is 60.7 Å². The second kappa shape index (κ2) is 6.79. The van der Waals surface area contributed by atoms with Gasteiger partial charge in [-0.15, -0.1) is 17.8 Å². The maximum atomic E-state index is 6.00. The van der Waals surface area contributed by atoms with Crippen LogP contribution in [0.4, 0.5) is 0 Å². The van der Waals surface area contributed by atoms with Gasteiger partial charge in [0.05, 0.1) is 0 Å². The average Bonchev–Trinajstić information content (AvgIpc) is 2.40. The van der Waals surface area contributed by atoms with Crippen molar-refractivity contribution in [2.45, 2.75) is 0 Å². The van der Waals surface area contributed by atoms with Gasteiger partial charge in [-0.3, -0.25) is 0 Å². The van der Waals surface area contributed by atoms with E-state index >= 15 is 0 Å². The molecule has 0 aromatic heterocycles. The third-order valence-electron chi connectivity index (χ3n) is 2.42. The van der Waals surface area contributed by atoms with Crippen molar-refractivity contribution in [1.29, 1.82) is 0 Å². The maximum absolute atomic E-state index is 6.00. The Balaban J connectivity index is 0.00000144. The third-order valence-corrected chi connectivity index (χ3v) is 7.63. The fourth-order valence-corrected chi connectivity index (χ4v) is 4.72. The minimum Gasteiger partial charge on any atom is -0.343 e. The van der Waals surface area contributed by atoms with Gasteiger partial charge >= 0.3 is 18.9 Å². The van der Waals surface area contributed by atoms with E-state index in [0.29, 0.717) is 0 Å². The molecule has 2 aromatic rings. The van der Waals surface area contributed by atoms with Crippen LogP contribution in [0.3, 0.4) is 0 Å². The standard InChI is InChI=1S/C13H11ClPS.Li/c14-11-15(16,12-7-3-1-4-8-12)13-9-5-2-6-10-13;/h1-11H;/q-1;+1. The van der Waals surface area contributed by atoms with Gasteiger partial charge in [0.25, 0.3) is 0 Å². The van der Waals surface area contributed by atoms with E-state index in [0.717, 1.165) is 10.6 Å². The van der Waals surface area contributed by atoms with Crippen LogP contribution in [0.2, 0.25) is 0 Å². The van der Waals surface area contributed by atoms with E-state index < -0.39 is 6.04 Å². The summed E-state index contributed by atoms with van der Waals surface area (Å²) in [6, 6.07) is 18.2. The van der Waals surface area contributed by atoms with Gasteiger partial charge in [0, 0.05) is 0 Å². The number of halogens is 1. The summed E-state index contributed by atoms with van der Waals surface area (Å²) in [4.78, 5) is 0. The van der Waals surface area contributed by atoms with E-state index in [-0.39, 0.29) is 18.9 Å². The fourth-order valence-electron chi connectivity index (χ4n) is 1.56. The molecule has 0 unspecified atom stereocenters. The summed E-state index contributed by atoms with van der Waals surface area (Å²) in [5, 5.41) is 2.26. The van der Waals surface area contributed by atoms with Crippen molar-refractivity contribution in [2.24, 2.45) is 0 Å². The Morgan fingerprint density at radius 3 is 1.47 bits per heavy atom. The maximum Gasteiger partial charge on any atom is 1.00 e. The Labute approximate surface area is 125 Å². The zero-order chi connectivity index (χ0) is 11.4. The van der Waals surface area contributed by atoms with Gasteiger partial charge in [-0.05, 0) is 10.6 Å². The largest absolute Gasteiger partial charge is 1.00 e. The number of hydrogen-bond acceptors (Lipinski definition) is 1. The SMILES string of the molecule is S=P([CH-]Cl)(c1ccccc1)c1ccccc1.[Li+]. The van der Waals surface area contributed by atoms with Crippen LogP contribution >= 0.6 is 17.6 Å². The van der Waals surface area contributed by atoms with E-state index in [4.69, 9.17) is 23.4 Å². The Morgan fingerprint density at radius 2 is 1.18 bits per heavy atom. The van der Waals surface area contributed by atoms with Crippen molar-refractivity contribution < 1.29 is 18.9 Å². The van der Waals surface area contributed by atoms with Crippen LogP contribution in [0.15, 0.2) is 60.7 Å². The monoisotopic (exact) mass is 272 g/mol. The number of hydrogen-bond donors (Lipinski definition) is 0. The summed E-state index contributed by atoms with van der Waals surface area (Å²) in [7, 11) is 0. The fraction of sp³-hybridized carbons (Fsp3) is 0. The van der Waals surface area contributed by atoms with Gasteiger partial charge in [0.1, 0.15) is 0 Å². The first kappa shape index (κ1) is 15.0. The molecule has 17 heavy (non-hydrogen) atoms. The van der Waals surface area contributed by atoms with Crippen LogP contribution in [0.1, 0.15) is 0 Å². The minimum atomic E-state index is -1.93. The van der Waals surface area contributed by atoms with Crippen molar-refractivity contribution in [3.63, 3.8) is 0 Å². The van der Waals surface area contributed by atoms with E-state index in [1.165, 1.54) is 0 Å². The summed E-state index contributed by atoms with van der Waals surface area (Å²) in [5.74, 6) is 0. The van der Waals surface area contributed by atoms with E-state index in [1.54, 1.807) is 5.62 Å². The van der Waals surface area contributed by atoms with Crippen LogP contribution in [-0.2, 0) is 11.8 Å². The molecule has 0 spiro atoms. The van der Waals surface area contributed by atoms with Crippen molar-refractivity contribution in [1.82, 2.24) is 0 Å². The normalized spacial score (nSPS) is 10.6. The van der Waals surface area contributed by atoms with Crippen molar-refractivity contribution in [3.05, 3.63) is 66.3 Å². The molecule has 0 aliphatic heterocycles. The predicted molar refractivity (Wildman–Crippen MR) is 76.6 cm³/mol. The Morgan fingerprint density at radius 1 is 0.824 bits per heavy atom. The Bertz CT molecular complexity index is 458. The summed E-state index contributed by atoms with van der Waals surface area (Å²) < 4.78 is 0. The van der Waals surface area contributed by atoms with Crippen molar-refractivity contribution in [3.8, 4) is 0 Å². The molecule has 0 saturated carbocycles. The number of benzene rings is 2. The molecule has 2 aromatic carbocycles. The predicted octanol–water partition coefficient (Wildman–Crippen LogP) is 0.479. The van der Waals surface area contributed by atoms with Crippen LogP contribution in [0.25, 0.3) is 0 Å². The van der Waals surface area contributed by atoms with Crippen LogP contribution < -0.4 is 29.5 Å². The van der Waals surface area contributed by atoms with Gasteiger partial charge in [-0.2, -0.15) is 5.62 Å². The first-order valence-corrected chi connectivity index (χ1v) is 8.24. The minimum absolute atomic E-state index is 0. The molecule has 0 fully saturated rings. The summed E-state index contributed by atoms with van der Waals surface area (Å²) in [6.07, 6.45) is 0.